The zero-order chi connectivity index (χ0) is 26.1. The molecule has 0 aliphatic heterocycles. The molecule has 0 spiro atoms. The Balaban J connectivity index is 1.79. The van der Waals surface area contributed by atoms with E-state index in [1.165, 1.54) is 38.5 Å². The van der Waals surface area contributed by atoms with Crippen molar-refractivity contribution >= 4 is 23.7 Å². The summed E-state index contributed by atoms with van der Waals surface area (Å²) in [5.41, 5.74) is 4.22. The molecule has 0 heterocycles. The maximum atomic E-state index is 13.2. The van der Waals surface area contributed by atoms with Gasteiger partial charge in [0.2, 0.25) is 11.5 Å². The monoisotopic (exact) mass is 516 g/mol. The quantitative estimate of drug-likeness (QED) is 0.310. The molecule has 0 radical (unpaired) electrons. The number of nitrogens with zero attached hydrogens (tertiary/aromatic N) is 1. The summed E-state index contributed by atoms with van der Waals surface area (Å²) in [6.45, 7) is 3.78. The summed E-state index contributed by atoms with van der Waals surface area (Å²) in [4.78, 5) is 27.4. The summed E-state index contributed by atoms with van der Waals surface area (Å²) in [5.74, 6) is 0.356. The van der Waals surface area contributed by atoms with Crippen LogP contribution in [0, 0.1) is 12.8 Å². The minimum absolute atomic E-state index is 0.157. The van der Waals surface area contributed by atoms with Gasteiger partial charge in [-0.25, -0.2) is 8.78 Å². The first kappa shape index (κ1) is 28.3. The van der Waals surface area contributed by atoms with Gasteiger partial charge < -0.3 is 10.2 Å². The van der Waals surface area contributed by atoms with Crippen molar-refractivity contribution in [1.82, 2.24) is 10.2 Å². The van der Waals surface area contributed by atoms with Gasteiger partial charge in [-0.1, -0.05) is 62.4 Å². The third-order valence-electron chi connectivity index (χ3n) is 7.14. The Morgan fingerprint density at radius 1 is 1.06 bits per heavy atom. The van der Waals surface area contributed by atoms with Gasteiger partial charge >= 0.3 is 0 Å². The third kappa shape index (κ3) is 8.41. The minimum atomic E-state index is -2.55. The van der Waals surface area contributed by atoms with Crippen molar-refractivity contribution in [3.05, 3.63) is 59.2 Å². The second-order valence-corrected chi connectivity index (χ2v) is 10.5. The van der Waals surface area contributed by atoms with E-state index in [0.29, 0.717) is 5.56 Å². The Labute approximate surface area is 219 Å². The molecule has 1 N–H and O–H groups in total. The number of hydrogen-bond donors (Lipinski definition) is 2. The van der Waals surface area contributed by atoms with Gasteiger partial charge in [-0.15, -0.1) is 12.6 Å². The summed E-state index contributed by atoms with van der Waals surface area (Å²) in [6, 6.07) is 12.5. The van der Waals surface area contributed by atoms with Crippen molar-refractivity contribution in [3.8, 4) is 11.1 Å². The van der Waals surface area contributed by atoms with Crippen molar-refractivity contribution in [2.45, 2.75) is 77.3 Å². The van der Waals surface area contributed by atoms with Gasteiger partial charge in [-0.05, 0) is 73.7 Å². The average Bonchev–Trinajstić information content (AvgIpc) is 2.85. The summed E-state index contributed by atoms with van der Waals surface area (Å²) < 4.78 is 25.4. The Kier molecular flexibility index (Phi) is 10.9. The average molecular weight is 517 g/mol. The number of carbonyl (C=O) groups is 2. The Bertz CT molecular complexity index is 1020. The standard InChI is InChI=1S/C29H38F2N2O2S/c1-20-8-6-7-11-23(20)25-18-22(19-33(2)17-16-21-9-4-3-5-10-21)12-13-24(25)28(34)32-26(29(35)36)14-15-27(30)31/h6-8,11-13,18,21,26-27H,3-5,9-10,14-17,19H2,1-2H3,(H,32,34)(H,35,36)/t26-/m0/s1. The zero-order valence-corrected chi connectivity index (χ0v) is 22.2. The lowest BCUT2D eigenvalue weighted by Gasteiger charge is -2.25. The molecule has 0 saturated heterocycles. The van der Waals surface area contributed by atoms with E-state index in [9.17, 15) is 18.4 Å². The molecule has 3 rings (SSSR count). The molecular weight excluding hydrogens is 478 g/mol. The van der Waals surface area contributed by atoms with Crippen LogP contribution >= 0.6 is 12.6 Å². The van der Waals surface area contributed by atoms with Crippen molar-refractivity contribution in [3.63, 3.8) is 0 Å². The molecule has 36 heavy (non-hydrogen) atoms. The normalized spacial score (nSPS) is 15.3. The molecule has 0 unspecified atom stereocenters. The fourth-order valence-corrected chi connectivity index (χ4v) is 5.23. The van der Waals surface area contributed by atoms with E-state index in [-0.39, 0.29) is 6.42 Å². The van der Waals surface area contributed by atoms with E-state index in [2.05, 4.69) is 29.9 Å². The van der Waals surface area contributed by atoms with Crippen molar-refractivity contribution in [2.75, 3.05) is 13.6 Å². The third-order valence-corrected chi connectivity index (χ3v) is 7.45. The Morgan fingerprint density at radius 2 is 1.78 bits per heavy atom. The molecule has 1 aliphatic rings. The smallest absolute Gasteiger partial charge is 0.252 e. The van der Waals surface area contributed by atoms with Gasteiger partial charge in [0.15, 0.2) is 0 Å². The number of aryl methyl sites for hydroxylation is 1. The summed E-state index contributed by atoms with van der Waals surface area (Å²) in [7, 11) is 2.13. The summed E-state index contributed by atoms with van der Waals surface area (Å²) in [5, 5.41) is 2.00. The van der Waals surface area contributed by atoms with Gasteiger partial charge in [-0.2, -0.15) is 0 Å². The first-order chi connectivity index (χ1) is 17.2. The number of nitrogens with one attached hydrogen (secondary N) is 1. The van der Waals surface area contributed by atoms with Gasteiger partial charge in [0, 0.05) is 18.5 Å². The van der Waals surface area contributed by atoms with Crippen LogP contribution in [0.1, 0.15) is 72.9 Å². The zero-order valence-electron chi connectivity index (χ0n) is 21.3. The lowest BCUT2D eigenvalue weighted by Crippen LogP contribution is -2.39. The van der Waals surface area contributed by atoms with Gasteiger partial charge in [0.1, 0.15) is 0 Å². The molecular formula is C29H38F2N2O2S. The van der Waals surface area contributed by atoms with Crippen LogP contribution in [0.2, 0.25) is 0 Å². The first-order valence-electron chi connectivity index (χ1n) is 12.9. The second-order valence-electron chi connectivity index (χ2n) is 10.1. The predicted molar refractivity (Wildman–Crippen MR) is 145 cm³/mol. The van der Waals surface area contributed by atoms with Crippen molar-refractivity contribution < 1.29 is 18.4 Å². The van der Waals surface area contributed by atoms with Crippen LogP contribution in [0.3, 0.4) is 0 Å². The number of halogens is 2. The van der Waals surface area contributed by atoms with E-state index in [1.807, 2.05) is 43.3 Å². The number of rotatable bonds is 12. The van der Waals surface area contributed by atoms with E-state index >= 15 is 0 Å². The summed E-state index contributed by atoms with van der Waals surface area (Å²) >= 11 is 3.80. The topological polar surface area (TPSA) is 49.4 Å². The fraction of sp³-hybridized carbons (Fsp3) is 0.517. The van der Waals surface area contributed by atoms with E-state index in [4.69, 9.17) is 0 Å². The Morgan fingerprint density at radius 3 is 2.44 bits per heavy atom. The van der Waals surface area contributed by atoms with Crippen LogP contribution in [0.4, 0.5) is 8.78 Å². The SMILES string of the molecule is Cc1ccccc1-c1cc(CN(C)CCC2CCCCC2)ccc1C(=O)N[C@@H](CCC(F)F)C(=O)S. The number of hydrogen-bond acceptors (Lipinski definition) is 3. The molecule has 1 saturated carbocycles. The molecule has 0 bridgehead atoms. The number of amides is 1. The van der Waals surface area contributed by atoms with E-state index < -0.39 is 29.9 Å². The van der Waals surface area contributed by atoms with Gasteiger partial charge in [-0.3, -0.25) is 9.59 Å². The predicted octanol–water partition coefficient (Wildman–Crippen LogP) is 6.66. The molecule has 7 heteroatoms. The fourth-order valence-electron chi connectivity index (χ4n) is 5.04. The van der Waals surface area contributed by atoms with Crippen LogP contribution in [-0.4, -0.2) is 42.0 Å². The second kappa shape index (κ2) is 13.9. The lowest BCUT2D eigenvalue weighted by atomic mass is 9.87. The molecule has 1 fully saturated rings. The van der Waals surface area contributed by atoms with Crippen LogP contribution < -0.4 is 5.32 Å². The van der Waals surface area contributed by atoms with Crippen molar-refractivity contribution in [2.24, 2.45) is 5.92 Å². The van der Waals surface area contributed by atoms with Crippen LogP contribution in [-0.2, 0) is 11.3 Å². The largest absolute Gasteiger partial charge is 0.341 e. The molecule has 2 aromatic rings. The van der Waals surface area contributed by atoms with E-state index in [1.54, 1.807) is 6.07 Å². The highest BCUT2D eigenvalue weighted by atomic mass is 32.1. The highest BCUT2D eigenvalue weighted by Gasteiger charge is 2.23. The molecule has 0 aromatic heterocycles. The first-order valence-corrected chi connectivity index (χ1v) is 13.4. The molecule has 1 aliphatic carbocycles. The number of carbonyl (C=O) groups excluding carboxylic acids is 2. The lowest BCUT2D eigenvalue weighted by molar-refractivity contribution is -0.112. The minimum Gasteiger partial charge on any atom is -0.341 e. The maximum Gasteiger partial charge on any atom is 0.252 e. The number of thiol groups is 1. The molecule has 1 atom stereocenters. The highest BCUT2D eigenvalue weighted by Crippen LogP contribution is 2.30. The Hall–Kier alpha value is -2.25. The number of benzene rings is 2. The molecule has 196 valence electrons. The van der Waals surface area contributed by atoms with Crippen LogP contribution in [0.15, 0.2) is 42.5 Å². The van der Waals surface area contributed by atoms with Gasteiger partial charge in [0.25, 0.3) is 5.91 Å². The molecule has 1 amide bonds. The summed E-state index contributed by atoms with van der Waals surface area (Å²) in [6.07, 6.45) is 4.75. The van der Waals surface area contributed by atoms with Crippen LogP contribution in [0.25, 0.3) is 11.1 Å². The van der Waals surface area contributed by atoms with Crippen molar-refractivity contribution in [1.29, 1.82) is 0 Å². The van der Waals surface area contributed by atoms with E-state index in [0.717, 1.165) is 41.3 Å². The number of alkyl halides is 2. The molecule has 4 nitrogen and oxygen atoms in total. The maximum absolute atomic E-state index is 13.2. The van der Waals surface area contributed by atoms with Gasteiger partial charge in [0.05, 0.1) is 6.04 Å². The molecule has 2 aromatic carbocycles. The van der Waals surface area contributed by atoms with Crippen LogP contribution in [0.5, 0.6) is 0 Å². The highest BCUT2D eigenvalue weighted by molar-refractivity contribution is 7.96.